The van der Waals surface area contributed by atoms with E-state index in [1.807, 2.05) is 22.6 Å². The van der Waals surface area contributed by atoms with Gasteiger partial charge in [-0.1, -0.05) is 18.2 Å². The van der Waals surface area contributed by atoms with Crippen LogP contribution in [0.1, 0.15) is 24.0 Å². The van der Waals surface area contributed by atoms with Gasteiger partial charge in [0.1, 0.15) is 18.0 Å². The highest BCUT2D eigenvalue weighted by atomic mass is 127. The Kier molecular flexibility index (Phi) is 12.1. The largest absolute Gasteiger partial charge is 0.493 e. The van der Waals surface area contributed by atoms with E-state index in [1.165, 1.54) is 31.3 Å². The lowest BCUT2D eigenvalue weighted by atomic mass is 9.87. The lowest BCUT2D eigenvalue weighted by molar-refractivity contribution is -0.140. The first-order valence-electron chi connectivity index (χ1n) is 12.7. The van der Waals surface area contributed by atoms with Gasteiger partial charge in [-0.15, -0.1) is 0 Å². The van der Waals surface area contributed by atoms with E-state index in [0.717, 1.165) is 0 Å². The molecule has 0 fully saturated rings. The quantitative estimate of drug-likeness (QED) is 0.237. The topological polar surface area (TPSA) is 138 Å². The molecule has 40 heavy (non-hydrogen) atoms. The maximum absolute atomic E-state index is 14.6. The molecule has 1 aliphatic rings. The van der Waals surface area contributed by atoms with E-state index in [4.69, 9.17) is 14.2 Å². The summed E-state index contributed by atoms with van der Waals surface area (Å²) in [5.41, 5.74) is 1.07. The first-order chi connectivity index (χ1) is 19.2. The van der Waals surface area contributed by atoms with Gasteiger partial charge < -0.3 is 39.7 Å². The number of nitrogens with zero attached hydrogens (tertiary/aromatic N) is 1. The third-order valence-corrected chi connectivity index (χ3v) is 7.28. The van der Waals surface area contributed by atoms with Crippen LogP contribution in [0.4, 0.5) is 4.39 Å². The van der Waals surface area contributed by atoms with Gasteiger partial charge in [-0.25, -0.2) is 4.39 Å². The monoisotopic (exact) mass is 672 g/mol. The van der Waals surface area contributed by atoms with E-state index in [9.17, 15) is 29.3 Å². The molecule has 2 aromatic carbocycles. The molecule has 3 rings (SSSR count). The van der Waals surface area contributed by atoms with Crippen molar-refractivity contribution in [3.8, 4) is 11.5 Å². The maximum atomic E-state index is 14.6. The van der Waals surface area contributed by atoms with Gasteiger partial charge in [0, 0.05) is 37.8 Å². The van der Waals surface area contributed by atoms with Crippen LogP contribution in [0.5, 0.6) is 11.5 Å². The Balaban J connectivity index is 2.04. The maximum Gasteiger partial charge on any atom is 0.247 e. The van der Waals surface area contributed by atoms with Crippen molar-refractivity contribution in [3.63, 3.8) is 0 Å². The number of halogens is 2. The van der Waals surface area contributed by atoms with Crippen molar-refractivity contribution in [3.05, 3.63) is 68.6 Å². The summed E-state index contributed by atoms with van der Waals surface area (Å²) in [6.07, 6.45) is -1.00. The van der Waals surface area contributed by atoms with Crippen LogP contribution in [-0.2, 0) is 27.5 Å². The highest BCUT2D eigenvalue weighted by molar-refractivity contribution is 14.1. The van der Waals surface area contributed by atoms with E-state index in [-0.39, 0.29) is 62.6 Å². The van der Waals surface area contributed by atoms with E-state index < -0.39 is 35.9 Å². The summed E-state index contributed by atoms with van der Waals surface area (Å²) < 4.78 is 32.0. The van der Waals surface area contributed by atoms with Gasteiger partial charge in [-0.3, -0.25) is 9.59 Å². The molecule has 0 bridgehead atoms. The van der Waals surface area contributed by atoms with E-state index >= 15 is 0 Å². The van der Waals surface area contributed by atoms with Gasteiger partial charge in [-0.2, -0.15) is 0 Å². The lowest BCUT2D eigenvalue weighted by Gasteiger charge is -2.40. The summed E-state index contributed by atoms with van der Waals surface area (Å²) in [5.74, 6) is -0.812. The third kappa shape index (κ3) is 7.91. The SMILES string of the molecule is COCCC(=O)N(Cc1ccccc1F)[C@@H]1CC(C(=O)NCCO)=C[C@H](Oc2c(I)cc(CO)cc2OC)[C@H]1O. The number of aliphatic hydroxyl groups excluding tert-OH is 3. The number of methoxy groups -OCH3 is 2. The Bertz CT molecular complexity index is 1210. The number of rotatable bonds is 13. The summed E-state index contributed by atoms with van der Waals surface area (Å²) in [4.78, 5) is 27.7. The second-order valence-electron chi connectivity index (χ2n) is 9.14. The molecule has 218 valence electrons. The molecule has 2 amide bonds. The lowest BCUT2D eigenvalue weighted by Crippen LogP contribution is -2.55. The van der Waals surface area contributed by atoms with Crippen molar-refractivity contribution >= 4 is 34.4 Å². The molecule has 0 unspecified atom stereocenters. The smallest absolute Gasteiger partial charge is 0.247 e. The number of hydrogen-bond acceptors (Lipinski definition) is 8. The number of hydrogen-bond donors (Lipinski definition) is 4. The molecule has 3 atom stereocenters. The van der Waals surface area contributed by atoms with Crippen molar-refractivity contribution in [2.24, 2.45) is 0 Å². The molecular weight excluding hydrogens is 638 g/mol. The van der Waals surface area contributed by atoms with Crippen molar-refractivity contribution in [2.45, 2.75) is 44.2 Å². The fourth-order valence-electron chi connectivity index (χ4n) is 4.43. The molecule has 0 aromatic heterocycles. The van der Waals surface area contributed by atoms with E-state index in [1.54, 1.807) is 30.3 Å². The Labute approximate surface area is 245 Å². The fourth-order valence-corrected chi connectivity index (χ4v) is 5.22. The highest BCUT2D eigenvalue weighted by Crippen LogP contribution is 2.37. The van der Waals surface area contributed by atoms with Crippen LogP contribution in [-0.4, -0.2) is 84.3 Å². The number of nitrogens with one attached hydrogen (secondary N) is 1. The molecule has 10 nitrogen and oxygen atoms in total. The fraction of sp³-hybridized carbons (Fsp3) is 0.429. The molecule has 1 aliphatic carbocycles. The number of carbonyl (C=O) groups is 2. The zero-order chi connectivity index (χ0) is 29.2. The molecule has 0 saturated heterocycles. The van der Waals surface area contributed by atoms with Crippen molar-refractivity contribution < 1.29 is 43.5 Å². The molecule has 0 spiro atoms. The van der Waals surface area contributed by atoms with Gasteiger partial charge in [0.2, 0.25) is 11.8 Å². The van der Waals surface area contributed by atoms with E-state index in [2.05, 4.69) is 5.32 Å². The predicted octanol–water partition coefficient (Wildman–Crippen LogP) is 1.91. The van der Waals surface area contributed by atoms with Crippen LogP contribution in [0.25, 0.3) is 0 Å². The molecule has 0 heterocycles. The summed E-state index contributed by atoms with van der Waals surface area (Å²) in [5, 5.41) is 32.9. The average Bonchev–Trinajstić information content (AvgIpc) is 2.96. The second-order valence-corrected chi connectivity index (χ2v) is 10.3. The molecule has 0 radical (unpaired) electrons. The third-order valence-electron chi connectivity index (χ3n) is 6.48. The van der Waals surface area contributed by atoms with Crippen LogP contribution in [0.15, 0.2) is 48.0 Å². The van der Waals surface area contributed by atoms with Gasteiger partial charge >= 0.3 is 0 Å². The Hall–Kier alpha value is -2.78. The van der Waals surface area contributed by atoms with E-state index in [0.29, 0.717) is 14.9 Å². The van der Waals surface area contributed by atoms with Crippen molar-refractivity contribution in [1.82, 2.24) is 10.2 Å². The molecule has 4 N–H and O–H groups in total. The van der Waals surface area contributed by atoms with Gasteiger partial charge in [-0.05, 0) is 52.4 Å². The van der Waals surface area contributed by atoms with Crippen LogP contribution < -0.4 is 14.8 Å². The number of ether oxygens (including phenoxy) is 3. The number of benzene rings is 2. The molecule has 0 saturated carbocycles. The molecule has 0 aliphatic heterocycles. The minimum Gasteiger partial charge on any atom is -0.493 e. The first-order valence-corrected chi connectivity index (χ1v) is 13.7. The molecule has 2 aromatic rings. The number of amides is 2. The summed E-state index contributed by atoms with van der Waals surface area (Å²) in [7, 11) is 2.89. The van der Waals surface area contributed by atoms with Gasteiger partial charge in [0.05, 0.1) is 43.0 Å². The van der Waals surface area contributed by atoms with Crippen molar-refractivity contribution in [1.29, 1.82) is 0 Å². The molecular formula is C28H34FIN2O8. The number of aliphatic hydroxyl groups is 3. The standard InChI is InChI=1S/C28H34FIN2O8/c1-38-10-7-25(35)32(15-18-5-3-4-6-20(18)29)22-13-19(28(37)31-8-9-33)14-23(26(22)36)40-27-21(30)11-17(16-34)12-24(27)39-2/h3-6,11-12,14,22-23,26,33-34,36H,7-10,13,15-16H2,1-2H3,(H,31,37)/t22-,23+,26+/m1/s1. The Morgan fingerprint density at radius 2 is 1.95 bits per heavy atom. The van der Waals surface area contributed by atoms with Gasteiger partial charge in [0.25, 0.3) is 0 Å². The summed E-state index contributed by atoms with van der Waals surface area (Å²) >= 11 is 2.02. The Morgan fingerprint density at radius 1 is 1.20 bits per heavy atom. The minimum atomic E-state index is -1.31. The van der Waals surface area contributed by atoms with Crippen LogP contribution in [0.2, 0.25) is 0 Å². The zero-order valence-corrected chi connectivity index (χ0v) is 24.5. The minimum absolute atomic E-state index is 0.00890. The van der Waals surface area contributed by atoms with Crippen LogP contribution in [0.3, 0.4) is 0 Å². The highest BCUT2D eigenvalue weighted by Gasteiger charge is 2.41. The molecule has 12 heteroatoms. The number of carbonyl (C=O) groups excluding carboxylic acids is 2. The Morgan fingerprint density at radius 3 is 2.60 bits per heavy atom. The average molecular weight is 672 g/mol. The van der Waals surface area contributed by atoms with Gasteiger partial charge in [0.15, 0.2) is 11.5 Å². The van der Waals surface area contributed by atoms with Crippen LogP contribution in [0, 0.1) is 9.39 Å². The predicted molar refractivity (Wildman–Crippen MR) is 152 cm³/mol. The summed E-state index contributed by atoms with van der Waals surface area (Å²) in [6, 6.07) is 8.36. The van der Waals surface area contributed by atoms with Crippen LogP contribution >= 0.6 is 22.6 Å². The zero-order valence-electron chi connectivity index (χ0n) is 22.3. The first kappa shape index (κ1) is 31.7. The summed E-state index contributed by atoms with van der Waals surface area (Å²) in [6.45, 7) is -0.519. The van der Waals surface area contributed by atoms with Crippen molar-refractivity contribution in [2.75, 3.05) is 34.0 Å². The second kappa shape index (κ2) is 15.3. The normalized spacial score (nSPS) is 18.6.